The highest BCUT2D eigenvalue weighted by molar-refractivity contribution is 6.04. The second kappa shape index (κ2) is 5.96. The van der Waals surface area contributed by atoms with Crippen molar-refractivity contribution in [3.63, 3.8) is 0 Å². The van der Waals surface area contributed by atoms with E-state index in [0.29, 0.717) is 6.42 Å². The third-order valence-corrected chi connectivity index (χ3v) is 6.00. The van der Waals surface area contributed by atoms with Crippen molar-refractivity contribution in [2.75, 3.05) is 5.32 Å². The Hall–Kier alpha value is -3.07. The molecule has 2 N–H and O–H groups in total. The summed E-state index contributed by atoms with van der Waals surface area (Å²) in [7, 11) is 0. The fourth-order valence-corrected chi connectivity index (χ4v) is 4.85. The van der Waals surface area contributed by atoms with Crippen LogP contribution in [0.1, 0.15) is 43.7 Å². The first-order valence-corrected chi connectivity index (χ1v) is 9.77. The summed E-state index contributed by atoms with van der Waals surface area (Å²) in [6.45, 7) is 4.28. The molecule has 0 fully saturated rings. The minimum Gasteiger partial charge on any atom is -0.508 e. The van der Waals surface area contributed by atoms with Crippen LogP contribution in [0.2, 0.25) is 0 Å². The number of benzene rings is 3. The summed E-state index contributed by atoms with van der Waals surface area (Å²) in [5.41, 5.74) is 4.63. The van der Waals surface area contributed by atoms with Crippen LogP contribution >= 0.6 is 0 Å². The Morgan fingerprint density at radius 1 is 0.964 bits per heavy atom. The zero-order valence-electron chi connectivity index (χ0n) is 16.1. The second-order valence-corrected chi connectivity index (χ2v) is 8.70. The molecule has 140 valence electrons. The molecule has 0 saturated carbocycles. The van der Waals surface area contributed by atoms with Crippen molar-refractivity contribution in [2.24, 2.45) is 5.41 Å². The Morgan fingerprint density at radius 3 is 2.54 bits per heavy atom. The van der Waals surface area contributed by atoms with Crippen LogP contribution in [-0.2, 0) is 4.79 Å². The van der Waals surface area contributed by atoms with Gasteiger partial charge < -0.3 is 10.4 Å². The average molecular weight is 369 g/mol. The Kier molecular flexibility index (Phi) is 3.63. The van der Waals surface area contributed by atoms with Gasteiger partial charge in [-0.05, 0) is 40.3 Å². The Bertz CT molecular complexity index is 1160. The number of aromatic hydroxyl groups is 1. The maximum Gasteiger partial charge on any atom is 0.162 e. The second-order valence-electron chi connectivity index (χ2n) is 8.70. The molecule has 1 aliphatic heterocycles. The van der Waals surface area contributed by atoms with E-state index < -0.39 is 0 Å². The SMILES string of the molecule is CC1(C)CC(=O)C2=C(C1)Nc1ccc3ccccc3c1C2c1ccccc1O. The lowest BCUT2D eigenvalue weighted by atomic mass is 9.68. The first-order valence-electron chi connectivity index (χ1n) is 9.77. The molecular formula is C25H23NO2. The number of hydrogen-bond donors (Lipinski definition) is 2. The van der Waals surface area contributed by atoms with E-state index >= 15 is 0 Å². The van der Waals surface area contributed by atoms with Gasteiger partial charge in [-0.25, -0.2) is 0 Å². The van der Waals surface area contributed by atoms with Gasteiger partial charge in [0.1, 0.15) is 5.75 Å². The van der Waals surface area contributed by atoms with Gasteiger partial charge >= 0.3 is 0 Å². The van der Waals surface area contributed by atoms with Crippen molar-refractivity contribution in [1.29, 1.82) is 0 Å². The first-order chi connectivity index (χ1) is 13.4. The Balaban J connectivity index is 1.84. The zero-order chi connectivity index (χ0) is 19.5. The minimum atomic E-state index is -0.262. The number of para-hydroxylation sites is 1. The molecule has 1 aliphatic carbocycles. The maximum absolute atomic E-state index is 13.3. The monoisotopic (exact) mass is 369 g/mol. The first kappa shape index (κ1) is 17.1. The molecule has 5 rings (SSSR count). The highest BCUT2D eigenvalue weighted by Gasteiger charge is 2.41. The summed E-state index contributed by atoms with van der Waals surface area (Å²) in [4.78, 5) is 13.3. The van der Waals surface area contributed by atoms with Gasteiger partial charge in [-0.2, -0.15) is 0 Å². The predicted octanol–water partition coefficient (Wildman–Crippen LogP) is 5.75. The van der Waals surface area contributed by atoms with Crippen molar-refractivity contribution in [3.8, 4) is 5.75 Å². The molecule has 2 aliphatic rings. The van der Waals surface area contributed by atoms with Crippen molar-refractivity contribution in [2.45, 2.75) is 32.6 Å². The topological polar surface area (TPSA) is 49.3 Å². The molecule has 1 unspecified atom stereocenters. The molecule has 0 aromatic heterocycles. The molecule has 0 spiro atoms. The Labute approximate surface area is 164 Å². The van der Waals surface area contributed by atoms with Crippen LogP contribution in [0.5, 0.6) is 5.75 Å². The maximum atomic E-state index is 13.3. The van der Waals surface area contributed by atoms with Crippen molar-refractivity contribution in [1.82, 2.24) is 0 Å². The molecule has 1 atom stereocenters. The van der Waals surface area contributed by atoms with Crippen LogP contribution in [0, 0.1) is 5.41 Å². The largest absolute Gasteiger partial charge is 0.508 e. The van der Waals surface area contributed by atoms with Crippen LogP contribution in [0.15, 0.2) is 71.9 Å². The molecule has 3 nitrogen and oxygen atoms in total. The van der Waals surface area contributed by atoms with Gasteiger partial charge in [0.15, 0.2) is 5.78 Å². The van der Waals surface area contributed by atoms with E-state index in [1.165, 1.54) is 0 Å². The number of Topliss-reactive ketones (excluding diaryl/α,β-unsaturated/α-hetero) is 1. The van der Waals surface area contributed by atoms with Crippen molar-refractivity contribution in [3.05, 3.63) is 83.1 Å². The molecule has 3 aromatic rings. The lowest BCUT2D eigenvalue weighted by Crippen LogP contribution is -2.33. The van der Waals surface area contributed by atoms with E-state index in [1.54, 1.807) is 6.07 Å². The number of carbonyl (C=O) groups excluding carboxylic acids is 1. The third-order valence-electron chi connectivity index (χ3n) is 6.00. The summed E-state index contributed by atoms with van der Waals surface area (Å²) >= 11 is 0. The summed E-state index contributed by atoms with van der Waals surface area (Å²) in [6.07, 6.45) is 1.35. The number of nitrogens with one attached hydrogen (secondary N) is 1. The molecular weight excluding hydrogens is 346 g/mol. The van der Waals surface area contributed by atoms with Crippen molar-refractivity contribution >= 4 is 22.2 Å². The average Bonchev–Trinajstić information content (AvgIpc) is 2.65. The van der Waals surface area contributed by atoms with Crippen LogP contribution in [0.4, 0.5) is 5.69 Å². The van der Waals surface area contributed by atoms with Gasteiger partial charge in [-0.3, -0.25) is 4.79 Å². The molecule has 0 bridgehead atoms. The van der Waals surface area contributed by atoms with Crippen LogP contribution < -0.4 is 5.32 Å². The normalized spacial score (nSPS) is 20.5. The lowest BCUT2D eigenvalue weighted by Gasteiger charge is -2.40. The smallest absolute Gasteiger partial charge is 0.162 e. The van der Waals surface area contributed by atoms with E-state index in [2.05, 4.69) is 43.4 Å². The number of phenolic OH excluding ortho intramolecular Hbond substituents is 1. The minimum absolute atomic E-state index is 0.0689. The molecule has 0 saturated heterocycles. The van der Waals surface area contributed by atoms with Crippen LogP contribution in [-0.4, -0.2) is 10.9 Å². The van der Waals surface area contributed by atoms with E-state index in [-0.39, 0.29) is 22.9 Å². The fourth-order valence-electron chi connectivity index (χ4n) is 4.85. The molecule has 0 radical (unpaired) electrons. The zero-order valence-corrected chi connectivity index (χ0v) is 16.1. The van der Waals surface area contributed by atoms with E-state index in [4.69, 9.17) is 0 Å². The molecule has 3 aromatic carbocycles. The number of carbonyl (C=O) groups is 1. The summed E-state index contributed by atoms with van der Waals surface area (Å²) < 4.78 is 0. The summed E-state index contributed by atoms with van der Waals surface area (Å²) in [5, 5.41) is 16.5. The summed E-state index contributed by atoms with van der Waals surface area (Å²) in [5.74, 6) is 0.144. The van der Waals surface area contributed by atoms with Gasteiger partial charge in [0.05, 0.1) is 0 Å². The standard InChI is InChI=1S/C25H23NO2/c1-25(2)13-19-24(21(28)14-25)23(17-9-5-6-10-20(17)27)22-16-8-4-3-7-15(16)11-12-18(22)26-19/h3-12,23,26-27H,13-14H2,1-2H3. The number of anilines is 1. The quantitative estimate of drug-likeness (QED) is 0.574. The molecule has 28 heavy (non-hydrogen) atoms. The molecule has 3 heteroatoms. The van der Waals surface area contributed by atoms with Gasteiger partial charge in [-0.15, -0.1) is 0 Å². The number of rotatable bonds is 1. The third kappa shape index (κ3) is 2.54. The van der Waals surface area contributed by atoms with Crippen molar-refractivity contribution < 1.29 is 9.90 Å². The van der Waals surface area contributed by atoms with Crippen LogP contribution in [0.3, 0.4) is 0 Å². The Morgan fingerprint density at radius 2 is 1.71 bits per heavy atom. The van der Waals surface area contributed by atoms with Gasteiger partial charge in [0.25, 0.3) is 0 Å². The van der Waals surface area contributed by atoms with Gasteiger partial charge in [-0.1, -0.05) is 62.4 Å². The van der Waals surface area contributed by atoms with E-state index in [0.717, 1.165) is 45.3 Å². The van der Waals surface area contributed by atoms with E-state index in [9.17, 15) is 9.90 Å². The van der Waals surface area contributed by atoms with Gasteiger partial charge in [0, 0.05) is 34.9 Å². The fraction of sp³-hybridized carbons (Fsp3) is 0.240. The number of allylic oxidation sites excluding steroid dienone is 2. The summed E-state index contributed by atoms with van der Waals surface area (Å²) in [6, 6.07) is 19.9. The highest BCUT2D eigenvalue weighted by Crippen LogP contribution is 2.52. The number of phenols is 1. The highest BCUT2D eigenvalue weighted by atomic mass is 16.3. The van der Waals surface area contributed by atoms with E-state index in [1.807, 2.05) is 30.3 Å². The number of hydrogen-bond acceptors (Lipinski definition) is 3. The molecule has 1 heterocycles. The lowest BCUT2D eigenvalue weighted by molar-refractivity contribution is -0.118. The van der Waals surface area contributed by atoms with Crippen LogP contribution in [0.25, 0.3) is 10.8 Å². The number of fused-ring (bicyclic) bond motifs is 3. The number of ketones is 1. The van der Waals surface area contributed by atoms with Gasteiger partial charge in [0.2, 0.25) is 0 Å². The predicted molar refractivity (Wildman–Crippen MR) is 113 cm³/mol. The molecule has 0 amide bonds.